The van der Waals surface area contributed by atoms with Crippen molar-refractivity contribution in [1.82, 2.24) is 9.97 Å². The predicted octanol–water partition coefficient (Wildman–Crippen LogP) is 6.79. The molecule has 1 heterocycles. The number of ether oxygens (including phenoxy) is 1. The molecule has 2 aliphatic carbocycles. The van der Waals surface area contributed by atoms with Crippen LogP contribution in [0.2, 0.25) is 0 Å². The minimum atomic E-state index is -0.230. The van der Waals surface area contributed by atoms with Crippen LogP contribution < -0.4 is 0 Å². The van der Waals surface area contributed by atoms with Crippen molar-refractivity contribution in [2.24, 2.45) is 17.8 Å². The van der Waals surface area contributed by atoms with Gasteiger partial charge >= 0.3 is 0 Å². The summed E-state index contributed by atoms with van der Waals surface area (Å²) < 4.78 is 18.3. The lowest BCUT2D eigenvalue weighted by Gasteiger charge is -2.38. The topological polar surface area (TPSA) is 35.0 Å². The minimum absolute atomic E-state index is 0.230. The van der Waals surface area contributed by atoms with Crippen LogP contribution in [0.1, 0.15) is 75.7 Å². The van der Waals surface area contributed by atoms with Crippen molar-refractivity contribution < 1.29 is 9.13 Å². The quantitative estimate of drug-likeness (QED) is 0.471. The average Bonchev–Trinajstić information content (AvgIpc) is 2.81. The van der Waals surface area contributed by atoms with Crippen LogP contribution in [-0.2, 0) is 4.74 Å². The summed E-state index contributed by atoms with van der Waals surface area (Å²) in [6.07, 6.45) is 17.5. The van der Waals surface area contributed by atoms with E-state index in [1.807, 2.05) is 12.4 Å². The second-order valence-corrected chi connectivity index (χ2v) is 9.37. The second-order valence-electron chi connectivity index (χ2n) is 9.37. The summed E-state index contributed by atoms with van der Waals surface area (Å²) in [5.41, 5.74) is 2.13. The van der Waals surface area contributed by atoms with Gasteiger partial charge in [0.05, 0.1) is 0 Å². The fourth-order valence-electron chi connectivity index (χ4n) is 5.69. The Kier molecular flexibility index (Phi) is 7.48. The van der Waals surface area contributed by atoms with Gasteiger partial charge in [0.25, 0.3) is 0 Å². The third-order valence-corrected chi connectivity index (χ3v) is 7.54. The van der Waals surface area contributed by atoms with Crippen LogP contribution >= 0.6 is 0 Å². The van der Waals surface area contributed by atoms with Gasteiger partial charge in [0.15, 0.2) is 5.82 Å². The van der Waals surface area contributed by atoms with Gasteiger partial charge in [0, 0.05) is 31.7 Å². The van der Waals surface area contributed by atoms with Crippen LogP contribution in [0, 0.1) is 23.6 Å². The number of hydrogen-bond donors (Lipinski definition) is 0. The Balaban J connectivity index is 1.24. The third kappa shape index (κ3) is 5.46. The maximum absolute atomic E-state index is 13.1. The highest BCUT2D eigenvalue weighted by Gasteiger charge is 2.31. The highest BCUT2D eigenvalue weighted by molar-refractivity contribution is 5.54. The summed E-state index contributed by atoms with van der Waals surface area (Å²) in [4.78, 5) is 9.12. The van der Waals surface area contributed by atoms with Crippen LogP contribution in [0.4, 0.5) is 4.39 Å². The van der Waals surface area contributed by atoms with E-state index in [1.165, 1.54) is 81.9 Å². The molecule has 0 N–H and O–H groups in total. The summed E-state index contributed by atoms with van der Waals surface area (Å²) >= 11 is 0. The molecule has 0 aliphatic heterocycles. The number of benzene rings is 1. The first-order valence-corrected chi connectivity index (χ1v) is 11.8. The molecule has 30 heavy (non-hydrogen) atoms. The van der Waals surface area contributed by atoms with Crippen molar-refractivity contribution in [3.05, 3.63) is 48.0 Å². The molecule has 2 aromatic rings. The lowest BCUT2D eigenvalue weighted by Crippen LogP contribution is -2.25. The largest absolute Gasteiger partial charge is 0.385 e. The number of nitrogens with zero attached hydrogens (tertiary/aromatic N) is 2. The molecule has 0 atom stereocenters. The number of halogens is 1. The van der Waals surface area contributed by atoms with E-state index in [2.05, 4.69) is 9.97 Å². The van der Waals surface area contributed by atoms with Crippen molar-refractivity contribution in [2.75, 3.05) is 13.7 Å². The zero-order valence-electron chi connectivity index (χ0n) is 18.2. The number of rotatable bonds is 7. The smallest absolute Gasteiger partial charge is 0.159 e. The summed E-state index contributed by atoms with van der Waals surface area (Å²) in [6.45, 7) is 0.915. The summed E-state index contributed by atoms with van der Waals surface area (Å²) in [7, 11) is 1.80. The molecule has 1 aromatic heterocycles. The van der Waals surface area contributed by atoms with E-state index in [1.54, 1.807) is 19.2 Å². The van der Waals surface area contributed by atoms with Gasteiger partial charge in [-0.3, -0.25) is 0 Å². The van der Waals surface area contributed by atoms with E-state index < -0.39 is 0 Å². The normalized spacial score (nSPS) is 27.1. The summed E-state index contributed by atoms with van der Waals surface area (Å²) in [5, 5.41) is 0. The molecule has 0 radical (unpaired) electrons. The van der Waals surface area contributed by atoms with E-state index in [0.717, 1.165) is 29.9 Å². The third-order valence-electron chi connectivity index (χ3n) is 7.54. The Morgan fingerprint density at radius 1 is 0.867 bits per heavy atom. The molecule has 4 heteroatoms. The molecule has 0 saturated heterocycles. The molecule has 0 amide bonds. The lowest BCUT2D eigenvalue weighted by molar-refractivity contribution is 0.144. The molecule has 0 unspecified atom stereocenters. The molecule has 0 bridgehead atoms. The minimum Gasteiger partial charge on any atom is -0.385 e. The van der Waals surface area contributed by atoms with Gasteiger partial charge in [0.1, 0.15) is 5.82 Å². The van der Waals surface area contributed by atoms with Crippen LogP contribution in [0.15, 0.2) is 36.7 Å². The Morgan fingerprint density at radius 2 is 1.47 bits per heavy atom. The molecule has 162 valence electrons. The van der Waals surface area contributed by atoms with Gasteiger partial charge in [-0.05, 0) is 105 Å². The SMILES string of the molecule is COCCCC1CCC(C2CCC(c3cnc(-c4ccc(F)cc4)nc3)CC2)CC1. The van der Waals surface area contributed by atoms with Crippen LogP contribution in [-0.4, -0.2) is 23.7 Å². The zero-order chi connectivity index (χ0) is 20.8. The lowest BCUT2D eigenvalue weighted by atomic mass is 9.68. The highest BCUT2D eigenvalue weighted by Crippen LogP contribution is 2.44. The standard InChI is InChI=1S/C26H35FN2O/c1-30-16-2-3-19-4-6-20(7-5-19)21-8-10-22(11-9-21)24-17-28-26(29-18-24)23-12-14-25(27)15-13-23/h12-15,17-22H,2-11,16H2,1H3. The Morgan fingerprint density at radius 3 is 2.07 bits per heavy atom. The zero-order valence-corrected chi connectivity index (χ0v) is 18.2. The number of methoxy groups -OCH3 is 1. The maximum atomic E-state index is 13.1. The molecule has 2 fully saturated rings. The summed E-state index contributed by atoms with van der Waals surface area (Å²) in [5.74, 6) is 3.84. The van der Waals surface area contributed by atoms with Gasteiger partial charge in [-0.15, -0.1) is 0 Å². The Bertz CT molecular complexity index is 761. The molecule has 3 nitrogen and oxygen atoms in total. The highest BCUT2D eigenvalue weighted by atomic mass is 19.1. The van der Waals surface area contributed by atoms with Crippen LogP contribution in [0.25, 0.3) is 11.4 Å². The van der Waals surface area contributed by atoms with Crippen LogP contribution in [0.5, 0.6) is 0 Å². The van der Waals surface area contributed by atoms with Gasteiger partial charge < -0.3 is 4.74 Å². The van der Waals surface area contributed by atoms with Crippen molar-refractivity contribution in [3.63, 3.8) is 0 Å². The molecule has 2 saturated carbocycles. The van der Waals surface area contributed by atoms with Gasteiger partial charge in [-0.25, -0.2) is 14.4 Å². The Hall–Kier alpha value is -1.81. The fourth-order valence-corrected chi connectivity index (χ4v) is 5.69. The van der Waals surface area contributed by atoms with Gasteiger partial charge in [-0.1, -0.05) is 12.8 Å². The Labute approximate surface area is 180 Å². The van der Waals surface area contributed by atoms with E-state index in [-0.39, 0.29) is 5.82 Å². The predicted molar refractivity (Wildman–Crippen MR) is 119 cm³/mol. The van der Waals surface area contributed by atoms with E-state index in [0.29, 0.717) is 11.7 Å². The fraction of sp³-hybridized carbons (Fsp3) is 0.615. The first kappa shape index (κ1) is 21.4. The first-order valence-electron chi connectivity index (χ1n) is 11.8. The molecule has 1 aromatic carbocycles. The van der Waals surface area contributed by atoms with E-state index in [4.69, 9.17) is 4.74 Å². The molecular weight excluding hydrogens is 375 g/mol. The van der Waals surface area contributed by atoms with Gasteiger partial charge in [-0.2, -0.15) is 0 Å². The van der Waals surface area contributed by atoms with Crippen molar-refractivity contribution in [1.29, 1.82) is 0 Å². The van der Waals surface area contributed by atoms with E-state index in [9.17, 15) is 4.39 Å². The van der Waals surface area contributed by atoms with E-state index >= 15 is 0 Å². The van der Waals surface area contributed by atoms with Gasteiger partial charge in [0.2, 0.25) is 0 Å². The summed E-state index contributed by atoms with van der Waals surface area (Å²) in [6, 6.07) is 6.39. The first-order chi connectivity index (χ1) is 14.7. The monoisotopic (exact) mass is 410 g/mol. The van der Waals surface area contributed by atoms with Crippen LogP contribution in [0.3, 0.4) is 0 Å². The maximum Gasteiger partial charge on any atom is 0.159 e. The van der Waals surface area contributed by atoms with Crippen molar-refractivity contribution >= 4 is 0 Å². The molecular formula is C26H35FN2O. The number of hydrogen-bond acceptors (Lipinski definition) is 3. The average molecular weight is 411 g/mol. The number of aromatic nitrogens is 2. The molecule has 2 aliphatic rings. The molecule has 0 spiro atoms. The van der Waals surface area contributed by atoms with Crippen molar-refractivity contribution in [2.45, 2.75) is 70.1 Å². The molecule has 4 rings (SSSR count). The van der Waals surface area contributed by atoms with Crippen molar-refractivity contribution in [3.8, 4) is 11.4 Å². The second kappa shape index (κ2) is 10.5.